The molecule has 1 N–H and O–H groups in total. The van der Waals surface area contributed by atoms with Crippen LogP contribution in [0.1, 0.15) is 17.0 Å². The zero-order chi connectivity index (χ0) is 22.7. The zero-order valence-corrected chi connectivity index (χ0v) is 19.0. The van der Waals surface area contributed by atoms with Gasteiger partial charge in [0.2, 0.25) is 11.7 Å². The minimum atomic E-state index is -0.141. The van der Waals surface area contributed by atoms with Crippen LogP contribution in [0.5, 0.6) is 0 Å². The lowest BCUT2D eigenvalue weighted by molar-refractivity contribution is -0.113. The lowest BCUT2D eigenvalue weighted by atomic mass is 10.2. The van der Waals surface area contributed by atoms with E-state index in [4.69, 9.17) is 4.42 Å². The van der Waals surface area contributed by atoms with Crippen LogP contribution < -0.4 is 5.32 Å². The molecule has 0 saturated carbocycles. The first-order valence-corrected chi connectivity index (χ1v) is 11.1. The van der Waals surface area contributed by atoms with E-state index < -0.39 is 0 Å². The number of carbonyl (C=O) groups is 1. The van der Waals surface area contributed by atoms with Gasteiger partial charge in [-0.3, -0.25) is 9.36 Å². The SMILES string of the molecule is C=CCn1c(SCC(=O)Nc2c(C)nn(-c3ccc(C)cc3)c2C)nnc1-c1ccco1. The average molecular weight is 449 g/mol. The van der Waals surface area contributed by atoms with Gasteiger partial charge >= 0.3 is 0 Å². The number of aryl methyl sites for hydroxylation is 2. The van der Waals surface area contributed by atoms with Crippen molar-refractivity contribution >= 4 is 23.4 Å². The summed E-state index contributed by atoms with van der Waals surface area (Å²) >= 11 is 1.31. The van der Waals surface area contributed by atoms with E-state index in [1.54, 1.807) is 18.4 Å². The highest BCUT2D eigenvalue weighted by atomic mass is 32.2. The van der Waals surface area contributed by atoms with Gasteiger partial charge in [-0.1, -0.05) is 35.5 Å². The highest BCUT2D eigenvalue weighted by Gasteiger charge is 2.19. The molecule has 4 aromatic rings. The summed E-state index contributed by atoms with van der Waals surface area (Å²) in [6.07, 6.45) is 3.34. The van der Waals surface area contributed by atoms with Gasteiger partial charge in [-0.15, -0.1) is 16.8 Å². The number of hydrogen-bond acceptors (Lipinski definition) is 6. The number of hydrogen-bond donors (Lipinski definition) is 1. The van der Waals surface area contributed by atoms with Crippen molar-refractivity contribution in [1.29, 1.82) is 0 Å². The highest BCUT2D eigenvalue weighted by Crippen LogP contribution is 2.26. The van der Waals surface area contributed by atoms with E-state index >= 15 is 0 Å². The number of nitrogens with one attached hydrogen (secondary N) is 1. The second-order valence-corrected chi connectivity index (χ2v) is 8.26. The van der Waals surface area contributed by atoms with Gasteiger partial charge in [0.15, 0.2) is 10.9 Å². The Morgan fingerprint density at radius 3 is 2.66 bits per heavy atom. The Bertz CT molecular complexity index is 1240. The maximum Gasteiger partial charge on any atom is 0.234 e. The zero-order valence-electron chi connectivity index (χ0n) is 18.2. The fourth-order valence-corrected chi connectivity index (χ4v) is 4.09. The molecular weight excluding hydrogens is 424 g/mol. The second-order valence-electron chi connectivity index (χ2n) is 7.31. The number of rotatable bonds is 8. The molecule has 0 radical (unpaired) electrons. The molecule has 0 spiro atoms. The fraction of sp³-hybridized carbons (Fsp3) is 0.217. The Hall–Kier alpha value is -3.59. The molecule has 3 aromatic heterocycles. The smallest absolute Gasteiger partial charge is 0.234 e. The molecule has 0 saturated heterocycles. The van der Waals surface area contributed by atoms with E-state index in [-0.39, 0.29) is 11.7 Å². The van der Waals surface area contributed by atoms with Gasteiger partial charge in [0.25, 0.3) is 0 Å². The second kappa shape index (κ2) is 9.27. The van der Waals surface area contributed by atoms with Gasteiger partial charge in [-0.25, -0.2) is 4.68 Å². The Balaban J connectivity index is 1.47. The van der Waals surface area contributed by atoms with Crippen LogP contribution in [-0.2, 0) is 11.3 Å². The third-order valence-corrected chi connectivity index (χ3v) is 5.90. The van der Waals surface area contributed by atoms with E-state index in [0.29, 0.717) is 23.3 Å². The number of allylic oxidation sites excluding steroid dienone is 1. The van der Waals surface area contributed by atoms with Gasteiger partial charge in [0.05, 0.1) is 34.8 Å². The van der Waals surface area contributed by atoms with E-state index in [0.717, 1.165) is 22.8 Å². The number of aromatic nitrogens is 5. The molecule has 8 nitrogen and oxygen atoms in total. The molecule has 9 heteroatoms. The van der Waals surface area contributed by atoms with Crippen LogP contribution in [0, 0.1) is 20.8 Å². The Morgan fingerprint density at radius 1 is 1.19 bits per heavy atom. The predicted molar refractivity (Wildman–Crippen MR) is 125 cm³/mol. The van der Waals surface area contributed by atoms with E-state index in [1.807, 2.05) is 60.4 Å². The summed E-state index contributed by atoms with van der Waals surface area (Å²) in [5.41, 5.74) is 4.49. The number of amides is 1. The minimum absolute atomic E-state index is 0.141. The number of thioether (sulfide) groups is 1. The van der Waals surface area contributed by atoms with Crippen LogP contribution in [0.4, 0.5) is 5.69 Å². The predicted octanol–water partition coefficient (Wildman–Crippen LogP) is 4.57. The number of anilines is 1. The Kier molecular flexibility index (Phi) is 6.27. The molecule has 32 heavy (non-hydrogen) atoms. The van der Waals surface area contributed by atoms with Gasteiger partial charge < -0.3 is 9.73 Å². The lowest BCUT2D eigenvalue weighted by Gasteiger charge is -2.08. The molecule has 0 aliphatic rings. The molecule has 0 bridgehead atoms. The third-order valence-electron chi connectivity index (χ3n) is 4.94. The van der Waals surface area contributed by atoms with Crippen LogP contribution in [0.3, 0.4) is 0 Å². The number of nitrogens with zero attached hydrogens (tertiary/aromatic N) is 5. The fourth-order valence-electron chi connectivity index (χ4n) is 3.34. The van der Waals surface area contributed by atoms with Crippen molar-refractivity contribution in [1.82, 2.24) is 24.5 Å². The number of furan rings is 1. The summed E-state index contributed by atoms with van der Waals surface area (Å²) in [4.78, 5) is 12.7. The molecule has 0 aliphatic carbocycles. The summed E-state index contributed by atoms with van der Waals surface area (Å²) in [5.74, 6) is 1.26. The van der Waals surface area contributed by atoms with Gasteiger partial charge in [-0.05, 0) is 45.0 Å². The van der Waals surface area contributed by atoms with Crippen molar-refractivity contribution in [3.05, 3.63) is 72.3 Å². The molecule has 0 unspecified atom stereocenters. The van der Waals surface area contributed by atoms with Crippen molar-refractivity contribution in [3.8, 4) is 17.3 Å². The van der Waals surface area contributed by atoms with Gasteiger partial charge in [0.1, 0.15) is 0 Å². The van der Waals surface area contributed by atoms with Crippen LogP contribution in [0.15, 0.2) is 64.9 Å². The molecule has 4 rings (SSSR count). The summed E-state index contributed by atoms with van der Waals surface area (Å²) in [5, 5.41) is 16.7. The van der Waals surface area contributed by atoms with E-state index in [9.17, 15) is 4.79 Å². The lowest BCUT2D eigenvalue weighted by Crippen LogP contribution is -2.16. The summed E-state index contributed by atoms with van der Waals surface area (Å²) < 4.78 is 9.15. The number of benzene rings is 1. The normalized spacial score (nSPS) is 11.0. The molecule has 3 heterocycles. The molecule has 0 aliphatic heterocycles. The largest absolute Gasteiger partial charge is 0.461 e. The van der Waals surface area contributed by atoms with Crippen LogP contribution in [-0.4, -0.2) is 36.2 Å². The molecular formula is C23H24N6O2S. The molecule has 0 fully saturated rings. The standard InChI is InChI=1S/C23H24N6O2S/c1-5-12-28-22(19-7-6-13-31-19)25-26-23(28)32-14-20(30)24-21-16(3)27-29(17(21)4)18-10-8-15(2)9-11-18/h5-11,13H,1,12,14H2,2-4H3,(H,24,30). The molecule has 1 amide bonds. The first kappa shape index (κ1) is 21.6. The van der Waals surface area contributed by atoms with Gasteiger partial charge in [-0.2, -0.15) is 5.10 Å². The topological polar surface area (TPSA) is 90.8 Å². The average Bonchev–Trinajstić information content (AvgIpc) is 3.50. The van der Waals surface area contributed by atoms with Crippen molar-refractivity contribution in [3.63, 3.8) is 0 Å². The first-order chi connectivity index (χ1) is 15.5. The summed E-state index contributed by atoms with van der Waals surface area (Å²) in [6.45, 7) is 10.2. The van der Waals surface area contributed by atoms with Crippen molar-refractivity contribution in [2.75, 3.05) is 11.1 Å². The Morgan fingerprint density at radius 2 is 1.97 bits per heavy atom. The van der Waals surface area contributed by atoms with Crippen LogP contribution in [0.25, 0.3) is 17.3 Å². The Labute approximate surface area is 190 Å². The first-order valence-electron chi connectivity index (χ1n) is 10.1. The third kappa shape index (κ3) is 4.38. The summed E-state index contributed by atoms with van der Waals surface area (Å²) in [6, 6.07) is 11.7. The molecule has 0 atom stereocenters. The molecule has 1 aromatic carbocycles. The highest BCUT2D eigenvalue weighted by molar-refractivity contribution is 7.99. The van der Waals surface area contributed by atoms with Crippen LogP contribution >= 0.6 is 11.8 Å². The molecule has 164 valence electrons. The van der Waals surface area contributed by atoms with Crippen molar-refractivity contribution in [2.45, 2.75) is 32.5 Å². The van der Waals surface area contributed by atoms with E-state index in [2.05, 4.69) is 27.2 Å². The summed E-state index contributed by atoms with van der Waals surface area (Å²) in [7, 11) is 0. The minimum Gasteiger partial charge on any atom is -0.461 e. The number of carbonyl (C=O) groups excluding carboxylic acids is 1. The monoisotopic (exact) mass is 448 g/mol. The van der Waals surface area contributed by atoms with Crippen LogP contribution in [0.2, 0.25) is 0 Å². The maximum absolute atomic E-state index is 12.7. The quantitative estimate of drug-likeness (QED) is 0.314. The van der Waals surface area contributed by atoms with Crippen molar-refractivity contribution < 1.29 is 9.21 Å². The van der Waals surface area contributed by atoms with E-state index in [1.165, 1.54) is 17.3 Å². The maximum atomic E-state index is 12.7. The van der Waals surface area contributed by atoms with Crippen molar-refractivity contribution in [2.24, 2.45) is 0 Å². The van der Waals surface area contributed by atoms with Gasteiger partial charge in [0, 0.05) is 6.54 Å².